The fraction of sp³-hybridized carbons (Fsp3) is 0.500. The maximum atomic E-state index is 5.74. The second-order valence-corrected chi connectivity index (χ2v) is 5.41. The fourth-order valence-corrected chi connectivity index (χ4v) is 2.26. The van der Waals surface area contributed by atoms with E-state index in [2.05, 4.69) is 32.9 Å². The van der Waals surface area contributed by atoms with Crippen LogP contribution >= 0.6 is 11.8 Å². The minimum atomic E-state index is 0.542. The molecular formula is C12H19NS. The summed E-state index contributed by atoms with van der Waals surface area (Å²) in [6.07, 6.45) is 0. The van der Waals surface area contributed by atoms with Crippen LogP contribution in [0.25, 0.3) is 0 Å². The molecule has 0 aromatic heterocycles. The summed E-state index contributed by atoms with van der Waals surface area (Å²) in [6.45, 7) is 6.74. The molecule has 0 aliphatic rings. The van der Waals surface area contributed by atoms with E-state index >= 15 is 0 Å². The van der Waals surface area contributed by atoms with Crippen LogP contribution in [0.2, 0.25) is 0 Å². The fourth-order valence-electron chi connectivity index (χ4n) is 1.24. The van der Waals surface area contributed by atoms with Crippen molar-refractivity contribution in [2.45, 2.75) is 26.0 Å². The summed E-state index contributed by atoms with van der Waals surface area (Å²) >= 11 is 1.99. The Hall–Kier alpha value is -0.630. The summed E-state index contributed by atoms with van der Waals surface area (Å²) in [5.74, 6) is 1.96. The average molecular weight is 209 g/mol. The predicted octanol–water partition coefficient (Wildman–Crippen LogP) is 3.72. The van der Waals surface area contributed by atoms with Crippen molar-refractivity contribution in [3.63, 3.8) is 0 Å². The number of nitrogens with two attached hydrogens (primary N) is 1. The Morgan fingerprint density at radius 1 is 1.29 bits per heavy atom. The van der Waals surface area contributed by atoms with E-state index in [1.165, 1.54) is 11.3 Å². The van der Waals surface area contributed by atoms with Crippen LogP contribution in [0.15, 0.2) is 24.3 Å². The van der Waals surface area contributed by atoms with E-state index in [1.54, 1.807) is 0 Å². The van der Waals surface area contributed by atoms with Crippen molar-refractivity contribution in [3.05, 3.63) is 29.8 Å². The quantitative estimate of drug-likeness (QED) is 0.765. The highest BCUT2D eigenvalue weighted by Gasteiger charge is 2.06. The lowest BCUT2D eigenvalue weighted by atomic mass is 10.1. The molecular weight excluding hydrogens is 190 g/mol. The van der Waals surface area contributed by atoms with Crippen molar-refractivity contribution in [1.29, 1.82) is 0 Å². The number of anilines is 1. The largest absolute Gasteiger partial charge is 0.399 e. The summed E-state index contributed by atoms with van der Waals surface area (Å²) in [7, 11) is 0. The molecule has 1 unspecified atom stereocenters. The van der Waals surface area contributed by atoms with Crippen LogP contribution in [0.4, 0.5) is 5.69 Å². The molecule has 14 heavy (non-hydrogen) atoms. The molecule has 1 aromatic carbocycles. The van der Waals surface area contributed by atoms with Gasteiger partial charge in [-0.2, -0.15) is 11.8 Å². The summed E-state index contributed by atoms with van der Waals surface area (Å²) in [4.78, 5) is 0. The van der Waals surface area contributed by atoms with Gasteiger partial charge in [0.15, 0.2) is 0 Å². The Labute approximate surface area is 91.1 Å². The highest BCUT2D eigenvalue weighted by molar-refractivity contribution is 7.99. The van der Waals surface area contributed by atoms with Crippen molar-refractivity contribution in [2.75, 3.05) is 11.5 Å². The standard InChI is InChI=1S/C12H19NS/c1-9(2)8-14-10(3)11-5-4-6-12(13)7-11/h4-7,9-10H,8,13H2,1-3H3. The van der Waals surface area contributed by atoms with Crippen molar-refractivity contribution in [2.24, 2.45) is 5.92 Å². The van der Waals surface area contributed by atoms with Gasteiger partial charge in [0.25, 0.3) is 0 Å². The van der Waals surface area contributed by atoms with Crippen LogP contribution in [0.1, 0.15) is 31.6 Å². The number of rotatable bonds is 4. The molecule has 0 radical (unpaired) electrons. The van der Waals surface area contributed by atoms with Gasteiger partial charge in [0, 0.05) is 10.9 Å². The lowest BCUT2D eigenvalue weighted by Gasteiger charge is -2.13. The first kappa shape index (κ1) is 11.4. The second-order valence-electron chi connectivity index (χ2n) is 4.04. The van der Waals surface area contributed by atoms with Gasteiger partial charge in [0.2, 0.25) is 0 Å². The summed E-state index contributed by atoms with van der Waals surface area (Å²) < 4.78 is 0. The van der Waals surface area contributed by atoms with Crippen LogP contribution in [-0.2, 0) is 0 Å². The van der Waals surface area contributed by atoms with Gasteiger partial charge < -0.3 is 5.73 Å². The summed E-state index contributed by atoms with van der Waals surface area (Å²) in [6, 6.07) is 8.17. The molecule has 1 rings (SSSR count). The minimum Gasteiger partial charge on any atom is -0.399 e. The molecule has 0 bridgehead atoms. The second kappa shape index (κ2) is 5.30. The minimum absolute atomic E-state index is 0.542. The summed E-state index contributed by atoms with van der Waals surface area (Å²) in [5, 5.41) is 0.542. The molecule has 0 aliphatic carbocycles. The van der Waals surface area contributed by atoms with Crippen molar-refractivity contribution < 1.29 is 0 Å². The van der Waals surface area contributed by atoms with Gasteiger partial charge >= 0.3 is 0 Å². The van der Waals surface area contributed by atoms with Gasteiger partial charge in [-0.05, 0) is 36.3 Å². The molecule has 0 saturated heterocycles. The Bertz CT molecular complexity index is 283. The average Bonchev–Trinajstić information content (AvgIpc) is 2.14. The highest BCUT2D eigenvalue weighted by Crippen LogP contribution is 2.30. The first-order valence-corrected chi connectivity index (χ1v) is 6.11. The zero-order valence-electron chi connectivity index (χ0n) is 9.16. The first-order valence-electron chi connectivity index (χ1n) is 5.06. The van der Waals surface area contributed by atoms with Gasteiger partial charge in [-0.3, -0.25) is 0 Å². The normalized spacial score (nSPS) is 13.1. The van der Waals surface area contributed by atoms with Gasteiger partial charge in [-0.15, -0.1) is 0 Å². The molecule has 1 aromatic rings. The number of benzene rings is 1. The van der Waals surface area contributed by atoms with Crippen LogP contribution in [0.3, 0.4) is 0 Å². The van der Waals surface area contributed by atoms with Crippen LogP contribution < -0.4 is 5.73 Å². The van der Waals surface area contributed by atoms with Crippen molar-refractivity contribution in [1.82, 2.24) is 0 Å². The highest BCUT2D eigenvalue weighted by atomic mass is 32.2. The van der Waals surface area contributed by atoms with Crippen LogP contribution in [-0.4, -0.2) is 5.75 Å². The number of hydrogen-bond acceptors (Lipinski definition) is 2. The molecule has 1 nitrogen and oxygen atoms in total. The maximum Gasteiger partial charge on any atom is 0.0317 e. The third kappa shape index (κ3) is 3.62. The molecule has 0 heterocycles. The lowest BCUT2D eigenvalue weighted by Crippen LogP contribution is -1.96. The Morgan fingerprint density at radius 3 is 2.57 bits per heavy atom. The first-order chi connectivity index (χ1) is 6.59. The van der Waals surface area contributed by atoms with E-state index in [1.807, 2.05) is 23.9 Å². The van der Waals surface area contributed by atoms with Gasteiger partial charge in [-0.25, -0.2) is 0 Å². The Balaban J connectivity index is 2.56. The Kier molecular flexibility index (Phi) is 4.33. The maximum absolute atomic E-state index is 5.74. The third-order valence-electron chi connectivity index (χ3n) is 2.06. The number of nitrogen functional groups attached to an aromatic ring is 1. The van der Waals surface area contributed by atoms with Crippen LogP contribution in [0, 0.1) is 5.92 Å². The van der Waals surface area contributed by atoms with E-state index in [-0.39, 0.29) is 0 Å². The molecule has 2 heteroatoms. The number of thioether (sulfide) groups is 1. The number of hydrogen-bond donors (Lipinski definition) is 1. The smallest absolute Gasteiger partial charge is 0.0317 e. The van der Waals surface area contributed by atoms with Gasteiger partial charge in [-0.1, -0.05) is 26.0 Å². The van der Waals surface area contributed by atoms with Crippen LogP contribution in [0.5, 0.6) is 0 Å². The molecule has 0 spiro atoms. The van der Waals surface area contributed by atoms with E-state index in [0.29, 0.717) is 5.25 Å². The van der Waals surface area contributed by atoms with E-state index in [9.17, 15) is 0 Å². The Morgan fingerprint density at radius 2 is 2.00 bits per heavy atom. The SMILES string of the molecule is CC(C)CSC(C)c1cccc(N)c1. The van der Waals surface area contributed by atoms with Crippen molar-refractivity contribution >= 4 is 17.4 Å². The molecule has 0 saturated carbocycles. The monoisotopic (exact) mass is 209 g/mol. The zero-order chi connectivity index (χ0) is 10.6. The van der Waals surface area contributed by atoms with Crippen molar-refractivity contribution in [3.8, 4) is 0 Å². The lowest BCUT2D eigenvalue weighted by molar-refractivity contribution is 0.748. The molecule has 78 valence electrons. The van der Waals surface area contributed by atoms with E-state index < -0.39 is 0 Å². The van der Waals surface area contributed by atoms with E-state index in [4.69, 9.17) is 5.73 Å². The third-order valence-corrected chi connectivity index (χ3v) is 3.69. The van der Waals surface area contributed by atoms with Gasteiger partial charge in [0.05, 0.1) is 0 Å². The molecule has 2 N–H and O–H groups in total. The van der Waals surface area contributed by atoms with Gasteiger partial charge in [0.1, 0.15) is 0 Å². The zero-order valence-corrected chi connectivity index (χ0v) is 9.97. The molecule has 0 amide bonds. The molecule has 0 fully saturated rings. The predicted molar refractivity (Wildman–Crippen MR) is 66.6 cm³/mol. The molecule has 1 atom stereocenters. The topological polar surface area (TPSA) is 26.0 Å². The molecule has 0 aliphatic heterocycles. The summed E-state index contributed by atoms with van der Waals surface area (Å²) in [5.41, 5.74) is 7.93. The van der Waals surface area contributed by atoms with E-state index in [0.717, 1.165) is 11.6 Å².